The lowest BCUT2D eigenvalue weighted by molar-refractivity contribution is -0.274. The second-order valence-electron chi connectivity index (χ2n) is 6.06. The zero-order valence-corrected chi connectivity index (χ0v) is 18.0. The molecular weight excluding hydrogens is 447 g/mol. The Labute approximate surface area is 179 Å². The van der Waals surface area contributed by atoms with Crippen molar-refractivity contribution >= 4 is 28.1 Å². The van der Waals surface area contributed by atoms with E-state index in [0.29, 0.717) is 24.6 Å². The van der Waals surface area contributed by atoms with Crippen molar-refractivity contribution in [1.82, 2.24) is 10.3 Å². The summed E-state index contributed by atoms with van der Waals surface area (Å²) in [6.45, 7) is 5.71. The highest BCUT2D eigenvalue weighted by atomic mass is 35.5. The molecule has 0 aliphatic carbocycles. The minimum Gasteiger partial charge on any atom is -0.476 e. The van der Waals surface area contributed by atoms with Crippen LogP contribution >= 0.6 is 12.4 Å². The van der Waals surface area contributed by atoms with Gasteiger partial charge in [0.15, 0.2) is 0 Å². The van der Waals surface area contributed by atoms with Crippen molar-refractivity contribution in [1.29, 1.82) is 0 Å². The number of aryl methyl sites for hydroxylation is 1. The highest BCUT2D eigenvalue weighted by Gasteiger charge is 2.31. The van der Waals surface area contributed by atoms with Crippen LogP contribution in [-0.2, 0) is 10.0 Å². The lowest BCUT2D eigenvalue weighted by atomic mass is 10.2. The fraction of sp³-hybridized carbons (Fsp3) is 0.389. The van der Waals surface area contributed by atoms with Gasteiger partial charge in [-0.05, 0) is 49.7 Å². The summed E-state index contributed by atoms with van der Waals surface area (Å²) in [7, 11) is -4.01. The van der Waals surface area contributed by atoms with Crippen LogP contribution in [0.2, 0.25) is 0 Å². The van der Waals surface area contributed by atoms with Crippen LogP contribution in [0.4, 0.5) is 18.9 Å². The SMILES string of the molecule is CCCNCCOc1cc(C)c(NS(=O)(=O)c2ccc(OC(F)(F)F)cc2)cn1.Cl. The number of sulfonamides is 1. The molecule has 1 aromatic heterocycles. The number of alkyl halides is 3. The summed E-state index contributed by atoms with van der Waals surface area (Å²) < 4.78 is 73.1. The summed E-state index contributed by atoms with van der Waals surface area (Å²) in [5.41, 5.74) is 0.814. The van der Waals surface area contributed by atoms with Crippen molar-refractivity contribution in [3.63, 3.8) is 0 Å². The molecule has 0 aliphatic rings. The quantitative estimate of drug-likeness (QED) is 0.513. The Balaban J connectivity index is 0.00000450. The van der Waals surface area contributed by atoms with Gasteiger partial charge in [-0.15, -0.1) is 25.6 Å². The van der Waals surface area contributed by atoms with Gasteiger partial charge < -0.3 is 14.8 Å². The van der Waals surface area contributed by atoms with Crippen molar-refractivity contribution in [2.24, 2.45) is 0 Å². The third kappa shape index (κ3) is 8.25. The van der Waals surface area contributed by atoms with Gasteiger partial charge in [0.05, 0.1) is 16.8 Å². The van der Waals surface area contributed by atoms with E-state index in [2.05, 4.69) is 26.7 Å². The largest absolute Gasteiger partial charge is 0.573 e. The van der Waals surface area contributed by atoms with E-state index in [0.717, 1.165) is 37.2 Å². The van der Waals surface area contributed by atoms with Crippen molar-refractivity contribution in [2.75, 3.05) is 24.4 Å². The van der Waals surface area contributed by atoms with E-state index >= 15 is 0 Å². The lowest BCUT2D eigenvalue weighted by Gasteiger charge is -2.13. The van der Waals surface area contributed by atoms with Gasteiger partial charge >= 0.3 is 6.36 Å². The van der Waals surface area contributed by atoms with Crippen LogP contribution in [0.5, 0.6) is 11.6 Å². The van der Waals surface area contributed by atoms with Crippen molar-refractivity contribution < 1.29 is 31.1 Å². The molecule has 0 atom stereocenters. The molecule has 2 aromatic rings. The minimum absolute atomic E-state index is 0. The fourth-order valence-corrected chi connectivity index (χ4v) is 3.39. The molecule has 0 spiro atoms. The van der Waals surface area contributed by atoms with Crippen molar-refractivity contribution in [2.45, 2.75) is 31.5 Å². The number of hydrogen-bond acceptors (Lipinski definition) is 6. The van der Waals surface area contributed by atoms with Crippen molar-refractivity contribution in [3.8, 4) is 11.6 Å². The molecule has 1 aromatic carbocycles. The normalized spacial score (nSPS) is 11.5. The standard InChI is InChI=1S/C18H22F3N3O4S.ClH/c1-3-8-22-9-10-27-17-11-13(2)16(12-23-17)24-29(25,26)15-6-4-14(5-7-15)28-18(19,20)21;/h4-7,11-12,22,24H,3,8-10H2,1-2H3;1H. The second kappa shape index (κ2) is 11.2. The molecule has 0 fully saturated rings. The van der Waals surface area contributed by atoms with Gasteiger partial charge in [-0.2, -0.15) is 0 Å². The summed E-state index contributed by atoms with van der Waals surface area (Å²) in [6, 6.07) is 5.49. The number of halogens is 4. The highest BCUT2D eigenvalue weighted by Crippen LogP contribution is 2.26. The van der Waals surface area contributed by atoms with E-state index in [4.69, 9.17) is 4.74 Å². The maximum absolute atomic E-state index is 12.5. The van der Waals surface area contributed by atoms with Gasteiger partial charge in [-0.3, -0.25) is 4.72 Å². The number of pyridine rings is 1. The Morgan fingerprint density at radius 2 is 1.80 bits per heavy atom. The monoisotopic (exact) mass is 469 g/mol. The first-order chi connectivity index (χ1) is 13.6. The van der Waals surface area contributed by atoms with E-state index in [-0.39, 0.29) is 23.0 Å². The fourth-order valence-electron chi connectivity index (χ4n) is 2.27. The van der Waals surface area contributed by atoms with E-state index in [1.807, 2.05) is 0 Å². The van der Waals surface area contributed by atoms with E-state index < -0.39 is 22.1 Å². The summed E-state index contributed by atoms with van der Waals surface area (Å²) in [5, 5.41) is 3.18. The average Bonchev–Trinajstić information content (AvgIpc) is 2.63. The number of ether oxygens (including phenoxy) is 2. The number of rotatable bonds is 10. The molecule has 0 saturated heterocycles. The molecule has 7 nitrogen and oxygen atoms in total. The Morgan fingerprint density at radius 1 is 1.13 bits per heavy atom. The van der Waals surface area contributed by atoms with Crippen LogP contribution in [-0.4, -0.2) is 39.5 Å². The van der Waals surface area contributed by atoms with Gasteiger partial charge in [-0.25, -0.2) is 13.4 Å². The predicted molar refractivity (Wildman–Crippen MR) is 109 cm³/mol. The first kappa shape index (κ1) is 25.8. The summed E-state index contributed by atoms with van der Waals surface area (Å²) in [5.74, 6) is -0.151. The minimum atomic E-state index is -4.85. The van der Waals surface area contributed by atoms with Gasteiger partial charge in [0.2, 0.25) is 5.88 Å². The average molecular weight is 470 g/mol. The smallest absolute Gasteiger partial charge is 0.476 e. The number of hydrogen-bond donors (Lipinski definition) is 2. The predicted octanol–water partition coefficient (Wildman–Crippen LogP) is 3.89. The van der Waals surface area contributed by atoms with Crippen LogP contribution in [0.15, 0.2) is 41.4 Å². The summed E-state index contributed by atoms with van der Waals surface area (Å²) >= 11 is 0. The van der Waals surface area contributed by atoms with Crippen LogP contribution in [0.25, 0.3) is 0 Å². The summed E-state index contributed by atoms with van der Waals surface area (Å²) in [4.78, 5) is 3.85. The molecule has 0 radical (unpaired) electrons. The number of aromatic nitrogens is 1. The molecule has 30 heavy (non-hydrogen) atoms. The Kier molecular flexibility index (Phi) is 9.66. The second-order valence-corrected chi connectivity index (χ2v) is 7.74. The van der Waals surface area contributed by atoms with Crippen molar-refractivity contribution in [3.05, 3.63) is 42.1 Å². The topological polar surface area (TPSA) is 89.6 Å². The van der Waals surface area contributed by atoms with E-state index in [1.165, 1.54) is 6.20 Å². The third-order valence-electron chi connectivity index (χ3n) is 3.65. The first-order valence-corrected chi connectivity index (χ1v) is 10.3. The molecule has 1 heterocycles. The van der Waals surface area contributed by atoms with Crippen LogP contribution in [0, 0.1) is 6.92 Å². The highest BCUT2D eigenvalue weighted by molar-refractivity contribution is 7.92. The van der Waals surface area contributed by atoms with Gasteiger partial charge in [0.25, 0.3) is 10.0 Å². The molecule has 0 aliphatic heterocycles. The molecule has 0 amide bonds. The number of nitrogens with zero attached hydrogens (tertiary/aromatic N) is 1. The van der Waals surface area contributed by atoms with Gasteiger partial charge in [0, 0.05) is 12.6 Å². The molecule has 12 heteroatoms. The molecule has 0 saturated carbocycles. The molecule has 2 N–H and O–H groups in total. The molecule has 2 rings (SSSR count). The number of benzene rings is 1. The van der Waals surface area contributed by atoms with Crippen LogP contribution < -0.4 is 19.5 Å². The van der Waals surface area contributed by atoms with E-state index in [9.17, 15) is 21.6 Å². The number of nitrogens with one attached hydrogen (secondary N) is 2. The van der Waals surface area contributed by atoms with Crippen LogP contribution in [0.1, 0.15) is 18.9 Å². The molecule has 0 unspecified atom stereocenters. The zero-order chi connectivity index (χ0) is 21.5. The lowest BCUT2D eigenvalue weighted by Crippen LogP contribution is -2.21. The molecule has 0 bridgehead atoms. The van der Waals surface area contributed by atoms with E-state index in [1.54, 1.807) is 13.0 Å². The zero-order valence-electron chi connectivity index (χ0n) is 16.3. The molecular formula is C18H23ClF3N3O4S. The maximum Gasteiger partial charge on any atom is 0.573 e. The third-order valence-corrected chi connectivity index (χ3v) is 5.03. The Bertz CT molecular complexity index is 910. The first-order valence-electron chi connectivity index (χ1n) is 8.79. The number of anilines is 1. The van der Waals surface area contributed by atoms with Gasteiger partial charge in [-0.1, -0.05) is 6.92 Å². The molecule has 168 valence electrons. The Morgan fingerprint density at radius 3 is 2.37 bits per heavy atom. The van der Waals surface area contributed by atoms with Crippen LogP contribution in [0.3, 0.4) is 0 Å². The summed E-state index contributed by atoms with van der Waals surface area (Å²) in [6.07, 6.45) is -2.51. The van der Waals surface area contributed by atoms with Gasteiger partial charge in [0.1, 0.15) is 12.4 Å². The Hall–Kier alpha value is -2.24. The maximum atomic E-state index is 12.5.